The third kappa shape index (κ3) is 85.4. The van der Waals surface area contributed by atoms with Gasteiger partial charge in [0.25, 0.3) is 0 Å². The first kappa shape index (κ1) is 17.5. The summed E-state index contributed by atoms with van der Waals surface area (Å²) in [7, 11) is 5.75. The molecule has 1 nitrogen and oxygen atoms in total. The third-order valence-corrected chi connectivity index (χ3v) is 0. The molecule has 0 bridgehead atoms. The van der Waals surface area contributed by atoms with Crippen molar-refractivity contribution in [2.75, 3.05) is 7.11 Å². The van der Waals surface area contributed by atoms with Crippen LogP contribution < -0.4 is 24.8 Å². The Kier molecular flexibility index (Phi) is 81.4. The van der Waals surface area contributed by atoms with E-state index in [4.69, 9.17) is 0 Å². The Morgan fingerprint density at radius 1 is 1.40 bits per heavy atom. The average Bonchev–Trinajstić information content (AvgIpc) is 0.918. The van der Waals surface area contributed by atoms with Crippen molar-refractivity contribution in [1.82, 2.24) is 0 Å². The molecule has 0 saturated carbocycles. The zero-order chi connectivity index (χ0) is 2.71. The van der Waals surface area contributed by atoms with E-state index in [2.05, 4.69) is 12.7 Å². The molecule has 0 amide bonds. The molecule has 0 aromatic carbocycles. The summed E-state index contributed by atoms with van der Waals surface area (Å²) >= 11 is 0. The van der Waals surface area contributed by atoms with E-state index in [1.165, 1.54) is 7.11 Å². The maximum atomic E-state index is 4.35. The van der Waals surface area contributed by atoms with Gasteiger partial charge in [-0.2, -0.15) is 0 Å². The summed E-state index contributed by atoms with van der Waals surface area (Å²) in [6, 6.07) is 0. The van der Waals surface area contributed by atoms with Crippen LogP contribution in [0.15, 0.2) is 0 Å². The maximum Gasteiger partial charge on any atom is -1.00 e. The zero-order valence-electron chi connectivity index (χ0n) is 2.74. The van der Waals surface area contributed by atoms with Crippen molar-refractivity contribution in [3.05, 3.63) is 0 Å². The first-order chi connectivity index (χ1) is 1.41. The Morgan fingerprint density at radius 3 is 1.40 bits per heavy atom. The molecular weight excluding hydrogens is 110 g/mol. The molecule has 0 heterocycles. The Bertz CT molecular complexity index is 9.61. The van der Waals surface area contributed by atoms with Crippen molar-refractivity contribution >= 4 is 8.05 Å². The second kappa shape index (κ2) is 23.2. The molecule has 0 atom stereocenters. The molecule has 0 spiro atoms. The predicted octanol–water partition coefficient (Wildman–Crippen LogP) is -6.28. The molecule has 4 heteroatoms. The molecule has 0 fully saturated rings. The molecule has 0 radical (unpaired) electrons. The Morgan fingerprint density at radius 2 is 1.40 bits per heavy atom. The summed E-state index contributed by atoms with van der Waals surface area (Å²) in [4.78, 5) is 0. The van der Waals surface area contributed by atoms with Crippen LogP contribution in [-0.2, 0) is 4.65 Å². The van der Waals surface area contributed by atoms with Gasteiger partial charge in [-0.05, 0) is 0 Å². The minimum absolute atomic E-state index is 0. The topological polar surface area (TPSA) is 9.23 Å². The smallest absolute Gasteiger partial charge is 1.00 e. The molecule has 0 aliphatic carbocycles. The van der Waals surface area contributed by atoms with Crippen LogP contribution in [0.4, 0.5) is 0 Å². The van der Waals surface area contributed by atoms with Gasteiger partial charge in [0, 0.05) is 0 Å². The van der Waals surface area contributed by atoms with Crippen LogP contribution in [0, 0.1) is 0 Å². The molecule has 0 aliphatic rings. The van der Waals surface area contributed by atoms with E-state index in [0.29, 0.717) is 0 Å². The number of halogens is 2. The molecule has 0 aromatic rings. The van der Waals surface area contributed by atoms with E-state index in [9.17, 15) is 0 Å². The second-order valence-corrected chi connectivity index (χ2v) is 0.236. The molecule has 0 aliphatic heterocycles. The molecule has 0 aromatic heterocycles. The van der Waals surface area contributed by atoms with E-state index in [0.717, 1.165) is 0 Å². The van der Waals surface area contributed by atoms with Gasteiger partial charge in [0.1, 0.15) is 0 Å². The van der Waals surface area contributed by atoms with Gasteiger partial charge in [-0.15, -0.1) is 0 Å². The van der Waals surface area contributed by atoms with Crippen molar-refractivity contribution < 1.29 is 29.5 Å². The molecule has 30 valence electrons. The first-order valence-electron chi connectivity index (χ1n) is 0.644. The minimum atomic E-state index is 0. The van der Waals surface area contributed by atoms with Crippen molar-refractivity contribution in [3.8, 4) is 0 Å². The summed E-state index contributed by atoms with van der Waals surface area (Å²) in [6.45, 7) is 0. The van der Waals surface area contributed by atoms with Crippen LogP contribution in [0.3, 0.4) is 0 Å². The van der Waals surface area contributed by atoms with Crippen LogP contribution in [0.5, 0.6) is 0 Å². The van der Waals surface area contributed by atoms with E-state index >= 15 is 0 Å². The zero-order valence-corrected chi connectivity index (χ0v) is 4.25. The van der Waals surface area contributed by atoms with Crippen molar-refractivity contribution in [2.45, 2.75) is 0 Å². The van der Waals surface area contributed by atoms with Crippen molar-refractivity contribution in [3.63, 3.8) is 0 Å². The Labute approximate surface area is 45.3 Å². The summed E-state index contributed by atoms with van der Waals surface area (Å²) in [5.41, 5.74) is 0. The largest absolute Gasteiger partial charge is 1.00 e. The molecule has 0 unspecified atom stereocenters. The molecule has 0 N–H and O–H groups in total. The standard InChI is InChI=1S/CH3BO.2ClH/c1-3-2;;/h1H3;2*1H/q+2;;/p-2. The number of hydrogen-bond donors (Lipinski definition) is 0. The van der Waals surface area contributed by atoms with E-state index < -0.39 is 0 Å². The van der Waals surface area contributed by atoms with Gasteiger partial charge in [-0.3, -0.25) is 0 Å². The van der Waals surface area contributed by atoms with Crippen LogP contribution >= 0.6 is 0 Å². The van der Waals surface area contributed by atoms with Crippen LogP contribution in [0.2, 0.25) is 0 Å². The third-order valence-electron chi connectivity index (χ3n) is 0. The van der Waals surface area contributed by atoms with Gasteiger partial charge >= 0.3 is 19.8 Å². The van der Waals surface area contributed by atoms with Gasteiger partial charge in [0.05, 0.1) is 0 Å². The van der Waals surface area contributed by atoms with Crippen LogP contribution in [0.1, 0.15) is 0 Å². The molecule has 0 rings (SSSR count). The minimum Gasteiger partial charge on any atom is -1.00 e. The molecule has 5 heavy (non-hydrogen) atoms. The quantitative estimate of drug-likeness (QED) is 0.284. The van der Waals surface area contributed by atoms with Gasteiger partial charge in [-0.25, -0.2) is 0 Å². The summed E-state index contributed by atoms with van der Waals surface area (Å²) in [5, 5.41) is 0. The number of rotatable bonds is 0. The summed E-state index contributed by atoms with van der Waals surface area (Å²) in [5.74, 6) is 0. The SMILES string of the molecule is [B+2]OC.[Cl-].[Cl-]. The van der Waals surface area contributed by atoms with E-state index in [1.54, 1.807) is 0 Å². The first-order valence-corrected chi connectivity index (χ1v) is 0.644. The second-order valence-electron chi connectivity index (χ2n) is 0.236. The fourth-order valence-electron chi connectivity index (χ4n) is 0. The van der Waals surface area contributed by atoms with Gasteiger partial charge in [0.15, 0.2) is 0 Å². The normalized spacial score (nSPS) is 3.80. The Balaban J connectivity index is -0.0000000200. The van der Waals surface area contributed by atoms with E-state index in [-0.39, 0.29) is 24.8 Å². The van der Waals surface area contributed by atoms with Gasteiger partial charge in [0.2, 0.25) is 0 Å². The summed E-state index contributed by atoms with van der Waals surface area (Å²) in [6.07, 6.45) is 0. The number of hydrogen-bond acceptors (Lipinski definition) is 1. The van der Waals surface area contributed by atoms with Gasteiger partial charge < -0.3 is 24.8 Å². The fourth-order valence-corrected chi connectivity index (χ4v) is 0. The van der Waals surface area contributed by atoms with Crippen molar-refractivity contribution in [2.24, 2.45) is 0 Å². The predicted molar refractivity (Wildman–Crippen MR) is 12.8 cm³/mol. The van der Waals surface area contributed by atoms with Gasteiger partial charge in [-0.1, -0.05) is 0 Å². The van der Waals surface area contributed by atoms with E-state index in [1.807, 2.05) is 0 Å². The molecule has 0 saturated heterocycles. The fraction of sp³-hybridized carbons (Fsp3) is 1.00. The monoisotopic (exact) mass is 112 g/mol. The summed E-state index contributed by atoms with van der Waals surface area (Å²) < 4.78 is 3.75. The van der Waals surface area contributed by atoms with Crippen LogP contribution in [-0.4, -0.2) is 15.2 Å². The Hall–Kier alpha value is 0.605. The molecular formula is CH3BCl2O. The maximum absolute atomic E-state index is 4.35. The van der Waals surface area contributed by atoms with Crippen molar-refractivity contribution in [1.29, 1.82) is 0 Å². The average molecular weight is 113 g/mol. The van der Waals surface area contributed by atoms with Crippen LogP contribution in [0.25, 0.3) is 0 Å².